The van der Waals surface area contributed by atoms with Gasteiger partial charge in [-0.1, -0.05) is 17.7 Å². The maximum atomic E-state index is 13.2. The summed E-state index contributed by atoms with van der Waals surface area (Å²) in [6.45, 7) is 5.05. The monoisotopic (exact) mass is 398 g/mol. The molecule has 5 nitrogen and oxygen atoms in total. The van der Waals surface area contributed by atoms with Gasteiger partial charge in [-0.05, 0) is 68.0 Å². The van der Waals surface area contributed by atoms with Crippen molar-refractivity contribution in [1.29, 1.82) is 0 Å². The highest BCUT2D eigenvalue weighted by Gasteiger charge is 2.32. The largest absolute Gasteiger partial charge is 0.495 e. The average Bonchev–Trinajstić information content (AvgIpc) is 3.10. The van der Waals surface area contributed by atoms with Crippen LogP contribution in [-0.2, 0) is 10.0 Å². The first kappa shape index (κ1) is 19.0. The van der Waals surface area contributed by atoms with E-state index in [-0.39, 0.29) is 4.90 Å². The van der Waals surface area contributed by atoms with Gasteiger partial charge in [0.15, 0.2) is 0 Å². The molecule has 1 aromatic heterocycles. The molecular weight excluding hydrogens is 372 g/mol. The van der Waals surface area contributed by atoms with Crippen LogP contribution in [0.2, 0.25) is 0 Å². The van der Waals surface area contributed by atoms with E-state index in [2.05, 4.69) is 36.3 Å². The molecule has 4 rings (SSSR count). The molecule has 2 aromatic carbocycles. The van der Waals surface area contributed by atoms with Crippen LogP contribution < -0.4 is 4.74 Å². The summed E-state index contributed by atoms with van der Waals surface area (Å²) in [5.74, 6) is 0.774. The standard InChI is InChI=1S/C22H26N2O3S/c1-15-4-6-20-18(12-15)19(14-23-20)17-8-10-24(11-9-17)28(25,26)22-7-5-16(2)13-21(22)27-3/h4-7,12-14,17,23H,8-11H2,1-3H3. The number of aromatic nitrogens is 1. The number of sulfonamides is 1. The number of rotatable bonds is 4. The number of aryl methyl sites for hydroxylation is 2. The van der Waals surface area contributed by atoms with E-state index in [0.717, 1.165) is 23.9 Å². The van der Waals surface area contributed by atoms with Gasteiger partial charge in [-0.3, -0.25) is 0 Å². The predicted octanol–water partition coefficient (Wildman–Crippen LogP) is 4.36. The number of methoxy groups -OCH3 is 1. The molecule has 0 saturated carbocycles. The van der Waals surface area contributed by atoms with Crippen LogP contribution in [0.3, 0.4) is 0 Å². The van der Waals surface area contributed by atoms with Gasteiger partial charge in [0.05, 0.1) is 7.11 Å². The van der Waals surface area contributed by atoms with Crippen molar-refractivity contribution in [2.45, 2.75) is 37.5 Å². The second-order valence-corrected chi connectivity index (χ2v) is 9.53. The fourth-order valence-corrected chi connectivity index (χ4v) is 5.73. The molecule has 1 fully saturated rings. The fraction of sp³-hybridized carbons (Fsp3) is 0.364. The zero-order chi connectivity index (χ0) is 19.9. The van der Waals surface area contributed by atoms with Crippen LogP contribution in [0.1, 0.15) is 35.4 Å². The molecule has 1 saturated heterocycles. The van der Waals surface area contributed by atoms with Crippen molar-refractivity contribution >= 4 is 20.9 Å². The summed E-state index contributed by atoms with van der Waals surface area (Å²) in [6, 6.07) is 11.7. The summed E-state index contributed by atoms with van der Waals surface area (Å²) < 4.78 is 33.3. The zero-order valence-electron chi connectivity index (χ0n) is 16.5. The van der Waals surface area contributed by atoms with Crippen LogP contribution in [0.4, 0.5) is 0 Å². The van der Waals surface area contributed by atoms with Gasteiger partial charge < -0.3 is 9.72 Å². The highest BCUT2D eigenvalue weighted by Crippen LogP contribution is 2.36. The number of H-pyrrole nitrogens is 1. The van der Waals surface area contributed by atoms with Gasteiger partial charge in [0.2, 0.25) is 10.0 Å². The minimum atomic E-state index is -3.56. The Bertz CT molecular complexity index is 1110. The molecule has 6 heteroatoms. The summed E-state index contributed by atoms with van der Waals surface area (Å²) in [7, 11) is -2.05. The summed E-state index contributed by atoms with van der Waals surface area (Å²) in [5, 5.41) is 1.25. The third kappa shape index (κ3) is 3.31. The number of benzene rings is 2. The summed E-state index contributed by atoms with van der Waals surface area (Å²) >= 11 is 0. The number of hydrogen-bond donors (Lipinski definition) is 1. The summed E-state index contributed by atoms with van der Waals surface area (Å²) in [6.07, 6.45) is 3.71. The van der Waals surface area contributed by atoms with Gasteiger partial charge in [0, 0.05) is 30.2 Å². The van der Waals surface area contributed by atoms with E-state index in [4.69, 9.17) is 4.74 Å². The van der Waals surface area contributed by atoms with Gasteiger partial charge in [0.1, 0.15) is 10.6 Å². The second kappa shape index (κ2) is 7.26. The molecule has 0 spiro atoms. The van der Waals surface area contributed by atoms with Gasteiger partial charge >= 0.3 is 0 Å². The van der Waals surface area contributed by atoms with E-state index in [0.29, 0.717) is 24.8 Å². The minimum absolute atomic E-state index is 0.252. The lowest BCUT2D eigenvalue weighted by atomic mass is 9.90. The number of fused-ring (bicyclic) bond motifs is 1. The Hall–Kier alpha value is -2.31. The number of ether oxygens (including phenoxy) is 1. The van der Waals surface area contributed by atoms with Crippen molar-refractivity contribution in [1.82, 2.24) is 9.29 Å². The number of nitrogens with one attached hydrogen (secondary N) is 1. The quantitative estimate of drug-likeness (QED) is 0.710. The van der Waals surface area contributed by atoms with Gasteiger partial charge in [0.25, 0.3) is 0 Å². The van der Waals surface area contributed by atoms with Crippen molar-refractivity contribution in [3.05, 3.63) is 59.3 Å². The molecule has 0 bridgehead atoms. The van der Waals surface area contributed by atoms with E-state index in [1.54, 1.807) is 16.4 Å². The Kier molecular flexibility index (Phi) is 4.93. The third-order valence-corrected chi connectivity index (χ3v) is 7.64. The first-order chi connectivity index (χ1) is 13.4. The van der Waals surface area contributed by atoms with E-state index >= 15 is 0 Å². The van der Waals surface area contributed by atoms with Gasteiger partial charge in [-0.2, -0.15) is 4.31 Å². The lowest BCUT2D eigenvalue weighted by Gasteiger charge is -2.31. The molecule has 3 aromatic rings. The number of piperidine rings is 1. The molecular formula is C22H26N2O3S. The number of hydrogen-bond acceptors (Lipinski definition) is 3. The van der Waals surface area contributed by atoms with Crippen molar-refractivity contribution in [2.24, 2.45) is 0 Å². The SMILES string of the molecule is COc1cc(C)ccc1S(=O)(=O)N1CCC(c2c[nH]c3ccc(C)cc23)CC1. The van der Waals surface area contributed by atoms with Crippen molar-refractivity contribution in [3.8, 4) is 5.75 Å². The van der Waals surface area contributed by atoms with Crippen molar-refractivity contribution < 1.29 is 13.2 Å². The molecule has 28 heavy (non-hydrogen) atoms. The van der Waals surface area contributed by atoms with Gasteiger partial charge in [-0.15, -0.1) is 0 Å². The molecule has 0 radical (unpaired) electrons. The second-order valence-electron chi connectivity index (χ2n) is 7.63. The Balaban J connectivity index is 1.56. The van der Waals surface area contributed by atoms with E-state index < -0.39 is 10.0 Å². The first-order valence-corrected chi connectivity index (χ1v) is 11.1. The molecule has 148 valence electrons. The Morgan fingerprint density at radius 1 is 1.04 bits per heavy atom. The lowest BCUT2D eigenvalue weighted by Crippen LogP contribution is -2.38. The van der Waals surface area contributed by atoms with Crippen LogP contribution in [0.15, 0.2) is 47.5 Å². The molecule has 0 atom stereocenters. The molecule has 0 unspecified atom stereocenters. The highest BCUT2D eigenvalue weighted by atomic mass is 32.2. The molecule has 1 aliphatic heterocycles. The van der Waals surface area contributed by atoms with E-state index in [9.17, 15) is 8.42 Å². The Labute approximate surface area is 166 Å². The molecule has 1 aliphatic rings. The Morgan fingerprint density at radius 3 is 2.43 bits per heavy atom. The van der Waals surface area contributed by atoms with Gasteiger partial charge in [-0.25, -0.2) is 8.42 Å². The minimum Gasteiger partial charge on any atom is -0.495 e. The van der Waals surface area contributed by atoms with Crippen LogP contribution in [0.25, 0.3) is 10.9 Å². The summed E-state index contributed by atoms with van der Waals surface area (Å²) in [5.41, 5.74) is 4.65. The number of nitrogens with zero attached hydrogens (tertiary/aromatic N) is 1. The fourth-order valence-electron chi connectivity index (χ4n) is 4.13. The third-order valence-electron chi connectivity index (χ3n) is 5.70. The van der Waals surface area contributed by atoms with Crippen molar-refractivity contribution in [2.75, 3.05) is 20.2 Å². The molecule has 1 N–H and O–H groups in total. The van der Waals surface area contributed by atoms with Crippen LogP contribution >= 0.6 is 0 Å². The van der Waals surface area contributed by atoms with Crippen LogP contribution in [0.5, 0.6) is 5.75 Å². The molecule has 2 heterocycles. The number of aromatic amines is 1. The lowest BCUT2D eigenvalue weighted by molar-refractivity contribution is 0.318. The molecule has 0 amide bonds. The maximum Gasteiger partial charge on any atom is 0.246 e. The van der Waals surface area contributed by atoms with E-state index in [1.807, 2.05) is 13.0 Å². The highest BCUT2D eigenvalue weighted by molar-refractivity contribution is 7.89. The Morgan fingerprint density at radius 2 is 1.71 bits per heavy atom. The predicted molar refractivity (Wildman–Crippen MR) is 112 cm³/mol. The smallest absolute Gasteiger partial charge is 0.246 e. The van der Waals surface area contributed by atoms with Crippen LogP contribution in [-0.4, -0.2) is 37.9 Å². The topological polar surface area (TPSA) is 62.4 Å². The van der Waals surface area contributed by atoms with Crippen molar-refractivity contribution in [3.63, 3.8) is 0 Å². The van der Waals surface area contributed by atoms with Crippen LogP contribution in [0, 0.1) is 13.8 Å². The molecule has 0 aliphatic carbocycles. The zero-order valence-corrected chi connectivity index (χ0v) is 17.3. The normalized spacial score (nSPS) is 16.5. The summed E-state index contributed by atoms with van der Waals surface area (Å²) in [4.78, 5) is 3.60. The van der Waals surface area contributed by atoms with E-state index in [1.165, 1.54) is 23.6 Å². The maximum absolute atomic E-state index is 13.2. The first-order valence-electron chi connectivity index (χ1n) is 9.62. The average molecular weight is 399 g/mol.